The Labute approximate surface area is 259 Å². The number of hydrogen-bond donors (Lipinski definition) is 0. The first kappa shape index (κ1) is 26.2. The molecule has 7 aromatic rings. The van der Waals surface area contributed by atoms with E-state index in [1.807, 2.05) is 0 Å². The predicted molar refractivity (Wildman–Crippen MR) is 184 cm³/mol. The molecule has 0 unspecified atom stereocenters. The minimum Gasteiger partial charge on any atom is -0.0622 e. The molecule has 0 aliphatic heterocycles. The van der Waals surface area contributed by atoms with Crippen LogP contribution in [0.3, 0.4) is 0 Å². The van der Waals surface area contributed by atoms with Gasteiger partial charge in [-0.3, -0.25) is 0 Å². The lowest BCUT2D eigenvalue weighted by Gasteiger charge is -2.35. The number of rotatable bonds is 6. The molecule has 1 aliphatic carbocycles. The lowest BCUT2D eigenvalue weighted by atomic mass is 9.66. The van der Waals surface area contributed by atoms with E-state index >= 15 is 0 Å². The number of hydrogen-bond acceptors (Lipinski definition) is 0. The van der Waals surface area contributed by atoms with Gasteiger partial charge in [0.2, 0.25) is 0 Å². The zero-order chi connectivity index (χ0) is 29.3. The molecule has 0 N–H and O–H groups in total. The highest BCUT2D eigenvalue weighted by Gasteiger charge is 2.46. The summed E-state index contributed by atoms with van der Waals surface area (Å²) in [4.78, 5) is 0. The van der Waals surface area contributed by atoms with E-state index in [1.54, 1.807) is 0 Å². The van der Waals surface area contributed by atoms with E-state index < -0.39 is 5.41 Å². The van der Waals surface area contributed by atoms with Crippen LogP contribution in [0.4, 0.5) is 0 Å². The van der Waals surface area contributed by atoms with E-state index in [4.69, 9.17) is 0 Å². The summed E-state index contributed by atoms with van der Waals surface area (Å²) in [6.45, 7) is 0. The average Bonchev–Trinajstić information content (AvgIpc) is 3.41. The van der Waals surface area contributed by atoms with Crippen LogP contribution in [0.5, 0.6) is 0 Å². The summed E-state index contributed by atoms with van der Waals surface area (Å²) in [5, 5.41) is 0. The van der Waals surface area contributed by atoms with E-state index in [0.717, 1.165) is 6.42 Å². The van der Waals surface area contributed by atoms with Gasteiger partial charge in [-0.1, -0.05) is 182 Å². The molecular weight excluding hydrogens is 528 g/mol. The van der Waals surface area contributed by atoms with Gasteiger partial charge in [0.25, 0.3) is 0 Å². The maximum Gasteiger partial charge on any atom is 0.0719 e. The van der Waals surface area contributed by atoms with E-state index in [2.05, 4.69) is 182 Å². The molecule has 0 spiro atoms. The first-order chi connectivity index (χ1) is 21.8. The van der Waals surface area contributed by atoms with Crippen molar-refractivity contribution in [2.75, 3.05) is 0 Å². The molecule has 0 amide bonds. The minimum atomic E-state index is -0.422. The molecule has 44 heavy (non-hydrogen) atoms. The van der Waals surface area contributed by atoms with Crippen molar-refractivity contribution >= 4 is 0 Å². The summed E-state index contributed by atoms with van der Waals surface area (Å²) in [6.07, 6.45) is 0.889. The molecule has 1 aliphatic rings. The molecule has 0 saturated carbocycles. The Kier molecular flexibility index (Phi) is 6.54. The van der Waals surface area contributed by atoms with Crippen LogP contribution in [0.2, 0.25) is 0 Å². The van der Waals surface area contributed by atoms with Crippen molar-refractivity contribution in [3.05, 3.63) is 215 Å². The van der Waals surface area contributed by atoms with Gasteiger partial charge >= 0.3 is 0 Å². The van der Waals surface area contributed by atoms with Gasteiger partial charge in [-0.15, -0.1) is 0 Å². The van der Waals surface area contributed by atoms with Crippen LogP contribution in [0.15, 0.2) is 182 Å². The van der Waals surface area contributed by atoms with Crippen molar-refractivity contribution < 1.29 is 0 Å². The lowest BCUT2D eigenvalue weighted by Crippen LogP contribution is -2.29. The highest BCUT2D eigenvalue weighted by molar-refractivity contribution is 5.88. The summed E-state index contributed by atoms with van der Waals surface area (Å²) >= 11 is 0. The van der Waals surface area contributed by atoms with Gasteiger partial charge in [0.1, 0.15) is 0 Å². The van der Waals surface area contributed by atoms with E-state index in [1.165, 1.54) is 66.8 Å². The molecule has 0 atom stereocenters. The van der Waals surface area contributed by atoms with Gasteiger partial charge in [0, 0.05) is 0 Å². The zero-order valence-corrected chi connectivity index (χ0v) is 24.5. The quantitative estimate of drug-likeness (QED) is 0.190. The first-order valence-corrected chi connectivity index (χ1v) is 15.4. The number of benzene rings is 7. The maximum atomic E-state index is 2.38. The van der Waals surface area contributed by atoms with Crippen molar-refractivity contribution in [1.29, 1.82) is 0 Å². The molecule has 0 radical (unpaired) electrons. The second-order valence-corrected chi connectivity index (χ2v) is 11.7. The number of fused-ring (bicyclic) bond motifs is 3. The topological polar surface area (TPSA) is 0 Å². The second-order valence-electron chi connectivity index (χ2n) is 11.7. The lowest BCUT2D eigenvalue weighted by molar-refractivity contribution is 0.770. The molecule has 0 fully saturated rings. The third-order valence-electron chi connectivity index (χ3n) is 9.20. The molecule has 0 heteroatoms. The Morgan fingerprint density at radius 1 is 0.318 bits per heavy atom. The van der Waals surface area contributed by atoms with Crippen LogP contribution in [-0.2, 0) is 11.8 Å². The SMILES string of the molecule is c1ccc(-c2ccc(Cc3cccc(-c4ccccc4C4(c5ccccc5)c5ccccc5-c5ccccc54)c3)cc2)cc1. The highest BCUT2D eigenvalue weighted by atomic mass is 14.5. The molecule has 0 saturated heterocycles. The van der Waals surface area contributed by atoms with Crippen molar-refractivity contribution in [3.63, 3.8) is 0 Å². The van der Waals surface area contributed by atoms with E-state index in [0.29, 0.717) is 0 Å². The van der Waals surface area contributed by atoms with Crippen molar-refractivity contribution in [3.8, 4) is 33.4 Å². The van der Waals surface area contributed by atoms with Crippen LogP contribution in [0.1, 0.15) is 33.4 Å². The van der Waals surface area contributed by atoms with Crippen molar-refractivity contribution in [1.82, 2.24) is 0 Å². The van der Waals surface area contributed by atoms with Gasteiger partial charge < -0.3 is 0 Å². The zero-order valence-electron chi connectivity index (χ0n) is 24.5. The van der Waals surface area contributed by atoms with Gasteiger partial charge in [0.05, 0.1) is 5.41 Å². The molecule has 8 rings (SSSR count). The molecule has 7 aromatic carbocycles. The van der Waals surface area contributed by atoms with Crippen molar-refractivity contribution in [2.24, 2.45) is 0 Å². The smallest absolute Gasteiger partial charge is 0.0622 e. The predicted octanol–water partition coefficient (Wildman–Crippen LogP) is 11.0. The summed E-state index contributed by atoms with van der Waals surface area (Å²) < 4.78 is 0. The molecule has 0 aromatic heterocycles. The third-order valence-corrected chi connectivity index (χ3v) is 9.20. The fraction of sp³-hybridized carbons (Fsp3) is 0.0455. The Morgan fingerprint density at radius 3 is 1.43 bits per heavy atom. The molecule has 0 heterocycles. The van der Waals surface area contributed by atoms with Gasteiger partial charge in [-0.05, 0) is 73.2 Å². The van der Waals surface area contributed by atoms with E-state index in [-0.39, 0.29) is 0 Å². The fourth-order valence-electron chi connectivity index (χ4n) is 7.27. The summed E-state index contributed by atoms with van der Waals surface area (Å²) in [7, 11) is 0. The minimum absolute atomic E-state index is 0.422. The maximum absolute atomic E-state index is 2.38. The Bertz CT molecular complexity index is 2020. The van der Waals surface area contributed by atoms with Crippen LogP contribution in [0.25, 0.3) is 33.4 Å². The molecular formula is C44H32. The van der Waals surface area contributed by atoms with Crippen LogP contribution in [0, 0.1) is 0 Å². The Balaban J connectivity index is 1.25. The summed E-state index contributed by atoms with van der Waals surface area (Å²) in [5.41, 5.74) is 15.1. The van der Waals surface area contributed by atoms with Gasteiger partial charge in [-0.2, -0.15) is 0 Å². The van der Waals surface area contributed by atoms with Gasteiger partial charge in [-0.25, -0.2) is 0 Å². The monoisotopic (exact) mass is 560 g/mol. The van der Waals surface area contributed by atoms with Gasteiger partial charge in [0.15, 0.2) is 0 Å². The molecule has 0 nitrogen and oxygen atoms in total. The first-order valence-electron chi connectivity index (χ1n) is 15.4. The van der Waals surface area contributed by atoms with E-state index in [9.17, 15) is 0 Å². The van der Waals surface area contributed by atoms with Crippen LogP contribution in [-0.4, -0.2) is 0 Å². The van der Waals surface area contributed by atoms with Crippen molar-refractivity contribution in [2.45, 2.75) is 11.8 Å². The average molecular weight is 561 g/mol. The second kappa shape index (κ2) is 11.0. The molecule has 0 bridgehead atoms. The standard InChI is InChI=1S/C44H32/c1-3-15-34(16-4-1)35-28-26-32(27-29-35)30-33-14-13-17-36(31-33)38-20-7-10-23-41(38)44(37-18-5-2-6-19-37)42-24-11-8-21-39(42)40-22-9-12-25-43(40)44/h1-29,31H,30H2. The molecule has 208 valence electrons. The largest absolute Gasteiger partial charge is 0.0719 e. The fourth-order valence-corrected chi connectivity index (χ4v) is 7.27. The highest BCUT2D eigenvalue weighted by Crippen LogP contribution is 2.57. The third kappa shape index (κ3) is 4.31. The summed E-state index contributed by atoms with van der Waals surface area (Å²) in [6, 6.07) is 66.7. The Morgan fingerprint density at radius 2 is 0.795 bits per heavy atom. The van der Waals surface area contributed by atoms with Crippen LogP contribution >= 0.6 is 0 Å². The normalized spacial score (nSPS) is 12.8. The van der Waals surface area contributed by atoms with Crippen LogP contribution < -0.4 is 0 Å². The summed E-state index contributed by atoms with van der Waals surface area (Å²) in [5.74, 6) is 0. The Hall–Kier alpha value is -5.46.